The second kappa shape index (κ2) is 6.90. The second-order valence-corrected chi connectivity index (χ2v) is 3.55. The van der Waals surface area contributed by atoms with E-state index in [2.05, 4.69) is 0 Å². The molecule has 0 saturated carbocycles. The summed E-state index contributed by atoms with van der Waals surface area (Å²) in [5.74, 6) is -2.78. The van der Waals surface area contributed by atoms with Gasteiger partial charge in [0.15, 0.2) is 11.6 Å². The van der Waals surface area contributed by atoms with Crippen LogP contribution in [0.4, 0.5) is 8.78 Å². The standard InChI is InChI=1S/C12H15F2NO3/c1-2-17-12(16)9(15)6-7-18-10-5-3-4-8(13)11(10)14/h3-5,9H,2,6-7,15H2,1H3. The number of ether oxygens (including phenoxy) is 2. The summed E-state index contributed by atoms with van der Waals surface area (Å²) in [5, 5.41) is 0. The Hall–Kier alpha value is -1.69. The number of esters is 1. The van der Waals surface area contributed by atoms with Crippen LogP contribution in [0.25, 0.3) is 0 Å². The molecule has 0 spiro atoms. The average Bonchev–Trinajstić information content (AvgIpc) is 2.34. The van der Waals surface area contributed by atoms with Crippen LogP contribution in [-0.2, 0) is 9.53 Å². The van der Waals surface area contributed by atoms with Crippen molar-refractivity contribution in [3.8, 4) is 5.75 Å². The van der Waals surface area contributed by atoms with Crippen LogP contribution in [-0.4, -0.2) is 25.2 Å². The van der Waals surface area contributed by atoms with Crippen molar-refractivity contribution in [3.05, 3.63) is 29.8 Å². The van der Waals surface area contributed by atoms with E-state index in [1.165, 1.54) is 12.1 Å². The quantitative estimate of drug-likeness (QED) is 0.789. The molecule has 4 nitrogen and oxygen atoms in total. The van der Waals surface area contributed by atoms with Crippen LogP contribution in [0.2, 0.25) is 0 Å². The van der Waals surface area contributed by atoms with Crippen molar-refractivity contribution < 1.29 is 23.0 Å². The second-order valence-electron chi connectivity index (χ2n) is 3.55. The van der Waals surface area contributed by atoms with Gasteiger partial charge in [-0.05, 0) is 19.1 Å². The van der Waals surface area contributed by atoms with Crippen LogP contribution < -0.4 is 10.5 Å². The monoisotopic (exact) mass is 259 g/mol. The first-order valence-electron chi connectivity index (χ1n) is 5.55. The fourth-order valence-electron chi connectivity index (χ4n) is 1.26. The maximum Gasteiger partial charge on any atom is 0.323 e. The van der Waals surface area contributed by atoms with Crippen molar-refractivity contribution in [2.75, 3.05) is 13.2 Å². The van der Waals surface area contributed by atoms with E-state index in [1.807, 2.05) is 0 Å². The van der Waals surface area contributed by atoms with Crippen molar-refractivity contribution in [1.29, 1.82) is 0 Å². The van der Waals surface area contributed by atoms with Gasteiger partial charge in [0.25, 0.3) is 0 Å². The van der Waals surface area contributed by atoms with Gasteiger partial charge in [-0.25, -0.2) is 4.39 Å². The first-order valence-corrected chi connectivity index (χ1v) is 5.55. The predicted octanol–water partition coefficient (Wildman–Crippen LogP) is 1.62. The Balaban J connectivity index is 2.42. The van der Waals surface area contributed by atoms with Gasteiger partial charge in [0, 0.05) is 6.42 Å². The van der Waals surface area contributed by atoms with Gasteiger partial charge in [0.05, 0.1) is 13.2 Å². The molecule has 0 heterocycles. The third-order valence-electron chi connectivity index (χ3n) is 2.19. The van der Waals surface area contributed by atoms with Gasteiger partial charge >= 0.3 is 5.97 Å². The fourth-order valence-corrected chi connectivity index (χ4v) is 1.26. The fraction of sp³-hybridized carbons (Fsp3) is 0.417. The zero-order chi connectivity index (χ0) is 13.5. The first kappa shape index (κ1) is 14.4. The van der Waals surface area contributed by atoms with Crippen molar-refractivity contribution in [2.24, 2.45) is 5.73 Å². The molecule has 18 heavy (non-hydrogen) atoms. The van der Waals surface area contributed by atoms with Crippen LogP contribution in [0.15, 0.2) is 18.2 Å². The van der Waals surface area contributed by atoms with Gasteiger partial charge in [-0.1, -0.05) is 6.07 Å². The number of hydrogen-bond acceptors (Lipinski definition) is 4. The summed E-state index contributed by atoms with van der Waals surface area (Å²) in [6.45, 7) is 1.91. The molecule has 1 atom stereocenters. The molecule has 0 aromatic heterocycles. The van der Waals surface area contributed by atoms with Crippen LogP contribution in [0.3, 0.4) is 0 Å². The average molecular weight is 259 g/mol. The number of nitrogens with two attached hydrogens (primary N) is 1. The third kappa shape index (κ3) is 3.96. The molecule has 0 amide bonds. The van der Waals surface area contributed by atoms with E-state index in [9.17, 15) is 13.6 Å². The highest BCUT2D eigenvalue weighted by atomic mass is 19.2. The maximum absolute atomic E-state index is 13.2. The molecule has 0 aliphatic heterocycles. The molecule has 100 valence electrons. The Morgan fingerprint density at radius 2 is 2.17 bits per heavy atom. The summed E-state index contributed by atoms with van der Waals surface area (Å²) in [7, 11) is 0. The summed E-state index contributed by atoms with van der Waals surface area (Å²) < 4.78 is 35.7. The lowest BCUT2D eigenvalue weighted by atomic mass is 10.2. The molecular formula is C12H15F2NO3. The van der Waals surface area contributed by atoms with Crippen molar-refractivity contribution in [3.63, 3.8) is 0 Å². The first-order chi connectivity index (χ1) is 8.56. The zero-order valence-electron chi connectivity index (χ0n) is 9.99. The molecule has 2 N–H and O–H groups in total. The molecule has 1 rings (SSSR count). The normalized spacial score (nSPS) is 12.0. The van der Waals surface area contributed by atoms with E-state index in [0.29, 0.717) is 0 Å². The van der Waals surface area contributed by atoms with Gasteiger partial charge in [-0.2, -0.15) is 4.39 Å². The van der Waals surface area contributed by atoms with Gasteiger partial charge in [0.2, 0.25) is 5.82 Å². The molecule has 0 saturated heterocycles. The largest absolute Gasteiger partial charge is 0.490 e. The number of halogens is 2. The van der Waals surface area contributed by atoms with E-state index >= 15 is 0 Å². The van der Waals surface area contributed by atoms with Gasteiger partial charge in [-0.15, -0.1) is 0 Å². The third-order valence-corrected chi connectivity index (χ3v) is 2.19. The Morgan fingerprint density at radius 1 is 1.44 bits per heavy atom. The minimum absolute atomic E-state index is 0.000351. The van der Waals surface area contributed by atoms with E-state index in [0.717, 1.165) is 6.07 Å². The topological polar surface area (TPSA) is 61.5 Å². The van der Waals surface area contributed by atoms with E-state index in [4.69, 9.17) is 15.2 Å². The molecule has 1 aromatic rings. The molecule has 6 heteroatoms. The van der Waals surface area contributed by atoms with Crippen LogP contribution in [0.5, 0.6) is 5.75 Å². The van der Waals surface area contributed by atoms with Crippen LogP contribution in [0.1, 0.15) is 13.3 Å². The lowest BCUT2D eigenvalue weighted by Gasteiger charge is -2.11. The number of rotatable bonds is 6. The minimum atomic E-state index is -1.05. The molecule has 0 aliphatic rings. The molecule has 1 aromatic carbocycles. The highest BCUT2D eigenvalue weighted by molar-refractivity contribution is 5.75. The Bertz CT molecular complexity index is 412. The summed E-state index contributed by atoms with van der Waals surface area (Å²) >= 11 is 0. The van der Waals surface area contributed by atoms with Gasteiger partial charge in [0.1, 0.15) is 6.04 Å². The zero-order valence-corrected chi connectivity index (χ0v) is 9.99. The van der Waals surface area contributed by atoms with Gasteiger partial charge in [-0.3, -0.25) is 4.79 Å². The van der Waals surface area contributed by atoms with Crippen molar-refractivity contribution in [2.45, 2.75) is 19.4 Å². The van der Waals surface area contributed by atoms with Crippen molar-refractivity contribution >= 4 is 5.97 Å². The molecular weight excluding hydrogens is 244 g/mol. The summed E-state index contributed by atoms with van der Waals surface area (Å²) in [6, 6.07) is 2.79. The van der Waals surface area contributed by atoms with Gasteiger partial charge < -0.3 is 15.2 Å². The molecule has 0 radical (unpaired) electrons. The van der Waals surface area contributed by atoms with E-state index in [-0.39, 0.29) is 25.4 Å². The lowest BCUT2D eigenvalue weighted by Crippen LogP contribution is -2.33. The van der Waals surface area contributed by atoms with Crippen LogP contribution >= 0.6 is 0 Å². The maximum atomic E-state index is 13.2. The van der Waals surface area contributed by atoms with E-state index < -0.39 is 23.6 Å². The summed E-state index contributed by atoms with van der Waals surface area (Å²) in [4.78, 5) is 11.2. The van der Waals surface area contributed by atoms with Crippen LogP contribution in [0, 0.1) is 11.6 Å². The Labute approximate surface area is 104 Å². The summed E-state index contributed by atoms with van der Waals surface area (Å²) in [6.07, 6.45) is 0.161. The predicted molar refractivity (Wildman–Crippen MR) is 61.1 cm³/mol. The Kier molecular flexibility index (Phi) is 5.51. The number of benzene rings is 1. The molecule has 0 aliphatic carbocycles. The molecule has 0 bridgehead atoms. The SMILES string of the molecule is CCOC(=O)C(N)CCOc1cccc(F)c1F. The summed E-state index contributed by atoms with van der Waals surface area (Å²) in [5.41, 5.74) is 5.51. The molecule has 0 fully saturated rings. The van der Waals surface area contributed by atoms with E-state index in [1.54, 1.807) is 6.92 Å². The number of carbonyl (C=O) groups is 1. The smallest absolute Gasteiger partial charge is 0.323 e. The lowest BCUT2D eigenvalue weighted by molar-refractivity contribution is -0.145. The molecule has 1 unspecified atom stereocenters. The minimum Gasteiger partial charge on any atom is -0.490 e. The van der Waals surface area contributed by atoms with Crippen molar-refractivity contribution in [1.82, 2.24) is 0 Å². The number of hydrogen-bond donors (Lipinski definition) is 1. The number of carbonyl (C=O) groups excluding carboxylic acids is 1. The highest BCUT2D eigenvalue weighted by Gasteiger charge is 2.15. The Morgan fingerprint density at radius 3 is 2.83 bits per heavy atom. The highest BCUT2D eigenvalue weighted by Crippen LogP contribution is 2.19.